The van der Waals surface area contributed by atoms with Crippen LogP contribution in [0.3, 0.4) is 0 Å². The number of aryl methyl sites for hydroxylation is 3. The molecule has 2 aromatic rings. The number of sulfonamides is 2. The summed E-state index contributed by atoms with van der Waals surface area (Å²) in [4.78, 5) is 31.2. The van der Waals surface area contributed by atoms with Crippen molar-refractivity contribution in [3.8, 4) is 0 Å². The quantitative estimate of drug-likeness (QED) is 0.120. The van der Waals surface area contributed by atoms with Crippen LogP contribution >= 0.6 is 0 Å². The van der Waals surface area contributed by atoms with Gasteiger partial charge in [0.25, 0.3) is 0 Å². The van der Waals surface area contributed by atoms with Gasteiger partial charge in [0.1, 0.15) is 5.88 Å². The van der Waals surface area contributed by atoms with E-state index in [4.69, 9.17) is 0 Å². The van der Waals surface area contributed by atoms with E-state index in [-0.39, 0.29) is 29.4 Å². The van der Waals surface area contributed by atoms with Crippen molar-refractivity contribution >= 4 is 43.5 Å². The Bertz CT molecular complexity index is 2010. The van der Waals surface area contributed by atoms with E-state index in [2.05, 4.69) is 51.0 Å². The predicted molar refractivity (Wildman–Crippen MR) is 229 cm³/mol. The fourth-order valence-electron chi connectivity index (χ4n) is 10.4. The molecule has 6 rings (SSSR count). The third-order valence-electron chi connectivity index (χ3n) is 12.3. The molecule has 0 spiro atoms. The van der Waals surface area contributed by atoms with Gasteiger partial charge in [-0.2, -0.15) is 0 Å². The number of carbonyl (C=O) groups excluding carboxylic acids is 2. The van der Waals surface area contributed by atoms with Crippen molar-refractivity contribution in [3.05, 3.63) is 56.6 Å². The third-order valence-corrected chi connectivity index (χ3v) is 15.0. The average molecular weight is 827 g/mol. The summed E-state index contributed by atoms with van der Waals surface area (Å²) in [7, 11) is -7.77. The number of hydrogen-bond acceptors (Lipinski definition) is 8. The molecule has 3 atom stereocenters. The Morgan fingerprint density at radius 3 is 1.82 bits per heavy atom. The Morgan fingerprint density at radius 1 is 0.667 bits per heavy atom. The van der Waals surface area contributed by atoms with Crippen LogP contribution in [0.5, 0.6) is 0 Å². The first-order chi connectivity index (χ1) is 27.2. The summed E-state index contributed by atoms with van der Waals surface area (Å²) >= 11 is 0. The van der Waals surface area contributed by atoms with Gasteiger partial charge in [0.2, 0.25) is 20.0 Å². The molecule has 0 fully saturated rings. The van der Waals surface area contributed by atoms with Crippen LogP contribution in [0, 0.1) is 11.8 Å². The number of nitrogens with one attached hydrogen (secondary N) is 4. The number of nitrogens with zero attached hydrogens (tertiary/aromatic N) is 2. The van der Waals surface area contributed by atoms with Crippen LogP contribution in [0.1, 0.15) is 130 Å². The zero-order valence-corrected chi connectivity index (χ0v) is 36.5. The summed E-state index contributed by atoms with van der Waals surface area (Å²) in [5.41, 5.74) is 10.8. The molecule has 0 saturated carbocycles. The molecular formula is C43H66N6O6S2. The van der Waals surface area contributed by atoms with Crippen LogP contribution in [-0.2, 0) is 65.0 Å². The Morgan fingerprint density at radius 2 is 1.21 bits per heavy atom. The van der Waals surface area contributed by atoms with E-state index in [0.29, 0.717) is 19.6 Å². The number of rotatable bonds is 19. The normalized spacial score (nSPS) is 19.0. The van der Waals surface area contributed by atoms with Crippen molar-refractivity contribution in [1.29, 1.82) is 0 Å². The minimum absolute atomic E-state index is 0.126. The molecule has 0 bridgehead atoms. The van der Waals surface area contributed by atoms with Crippen molar-refractivity contribution in [2.24, 2.45) is 11.8 Å². The molecule has 57 heavy (non-hydrogen) atoms. The highest BCUT2D eigenvalue weighted by Crippen LogP contribution is 2.51. The second-order valence-electron chi connectivity index (χ2n) is 17.2. The smallest absolute Gasteiger partial charge is 0.307 e. The molecule has 3 unspecified atom stereocenters. The highest BCUT2D eigenvalue weighted by molar-refractivity contribution is 7.90. The summed E-state index contributed by atoms with van der Waals surface area (Å²) in [6.45, 7) is 14.0. The van der Waals surface area contributed by atoms with Crippen LogP contribution < -0.4 is 20.1 Å². The average Bonchev–Trinajstić information content (AvgIpc) is 3.93. The number of amides is 4. The molecule has 4 aliphatic rings. The van der Waals surface area contributed by atoms with E-state index in [1.54, 1.807) is 0 Å². The van der Waals surface area contributed by atoms with Gasteiger partial charge in [-0.1, -0.05) is 46.8 Å². The second kappa shape index (κ2) is 18.8. The Kier molecular flexibility index (Phi) is 14.3. The molecule has 0 aliphatic heterocycles. The zero-order chi connectivity index (χ0) is 40.9. The predicted octanol–water partition coefficient (Wildman–Crippen LogP) is 6.85. The van der Waals surface area contributed by atoms with Gasteiger partial charge in [0, 0.05) is 17.9 Å². The standard InChI is InChI=1S/C43H66N6O6S2/c1-6-18-48(19-7-2)26-29(5)27-56(52,53)46-42(50)44-40-36-14-10-13-31(36)23-33-24-34(25-38(33)40)35-17-16-32-22-30-12-11-15-37(30)41(39(32)35)45-43(51)47-57(54,55)28-49(20-8-3)21-9-4/h22-23,29,34-35H,6-21,24-28H2,1-5H3,(H2,44,46,50)(H2,45,47,51). The monoisotopic (exact) mass is 826 g/mol. The summed E-state index contributed by atoms with van der Waals surface area (Å²) in [5.74, 6) is -0.149. The summed E-state index contributed by atoms with van der Waals surface area (Å²) < 4.78 is 57.5. The number of fused-ring (bicyclic) bond motifs is 4. The topological polar surface area (TPSA) is 157 Å². The molecule has 0 heterocycles. The van der Waals surface area contributed by atoms with Crippen LogP contribution in [-0.4, -0.2) is 83.1 Å². The Labute approximate surface area is 341 Å². The van der Waals surface area contributed by atoms with Crippen LogP contribution in [0.15, 0.2) is 12.1 Å². The first-order valence-electron chi connectivity index (χ1n) is 21.7. The molecule has 0 aromatic heterocycles. The molecule has 4 amide bonds. The van der Waals surface area contributed by atoms with Gasteiger partial charge in [0.15, 0.2) is 0 Å². The maximum atomic E-state index is 13.5. The van der Waals surface area contributed by atoms with E-state index in [1.807, 2.05) is 25.7 Å². The van der Waals surface area contributed by atoms with Crippen LogP contribution in [0.4, 0.5) is 21.0 Å². The lowest BCUT2D eigenvalue weighted by atomic mass is 9.83. The van der Waals surface area contributed by atoms with Crippen LogP contribution in [0.25, 0.3) is 0 Å². The fraction of sp³-hybridized carbons (Fsp3) is 0.674. The van der Waals surface area contributed by atoms with Gasteiger partial charge in [-0.25, -0.2) is 35.9 Å². The summed E-state index contributed by atoms with van der Waals surface area (Å²) in [6.07, 6.45) is 12.5. The number of anilines is 2. The van der Waals surface area contributed by atoms with E-state index in [0.717, 1.165) is 137 Å². The van der Waals surface area contributed by atoms with Crippen molar-refractivity contribution in [2.75, 3.05) is 55.0 Å². The summed E-state index contributed by atoms with van der Waals surface area (Å²) in [6, 6.07) is 3.18. The molecule has 0 radical (unpaired) electrons. The van der Waals surface area contributed by atoms with E-state index in [9.17, 15) is 26.4 Å². The van der Waals surface area contributed by atoms with Crippen molar-refractivity contribution < 1.29 is 26.4 Å². The fourth-order valence-corrected chi connectivity index (χ4v) is 12.8. The van der Waals surface area contributed by atoms with Crippen molar-refractivity contribution in [1.82, 2.24) is 19.2 Å². The highest BCUT2D eigenvalue weighted by Gasteiger charge is 2.40. The Balaban J connectivity index is 1.19. The lowest BCUT2D eigenvalue weighted by molar-refractivity contribution is 0.245. The van der Waals surface area contributed by atoms with Crippen molar-refractivity contribution in [2.45, 2.75) is 130 Å². The molecule has 4 aliphatic carbocycles. The minimum atomic E-state index is -3.90. The minimum Gasteiger partial charge on any atom is -0.307 e. The van der Waals surface area contributed by atoms with Gasteiger partial charge in [-0.3, -0.25) is 4.90 Å². The number of hydrogen-bond donors (Lipinski definition) is 4. The SMILES string of the molecule is CCCN(CCC)CC(C)CS(=O)(=O)NC(=O)Nc1c2c(cc3c1CC(C1CCc4cc5c(c(NC(=O)NS(=O)(=O)CN(CCC)CCC)c41)CCC5)C3)CCC2. The Hall–Kier alpha value is -3.20. The maximum Gasteiger partial charge on any atom is 0.332 e. The lowest BCUT2D eigenvalue weighted by Gasteiger charge is -2.25. The molecule has 12 nitrogen and oxygen atoms in total. The number of benzene rings is 2. The largest absolute Gasteiger partial charge is 0.332 e. The third kappa shape index (κ3) is 10.5. The van der Waals surface area contributed by atoms with Crippen LogP contribution in [0.2, 0.25) is 0 Å². The number of urea groups is 2. The summed E-state index contributed by atoms with van der Waals surface area (Å²) in [5, 5.41) is 6.11. The highest BCUT2D eigenvalue weighted by atomic mass is 32.2. The first-order valence-corrected chi connectivity index (χ1v) is 25.0. The van der Waals surface area contributed by atoms with Gasteiger partial charge in [-0.05, 0) is 178 Å². The molecule has 316 valence electrons. The molecule has 0 saturated heterocycles. The van der Waals surface area contributed by atoms with Gasteiger partial charge in [0.05, 0.1) is 5.75 Å². The van der Waals surface area contributed by atoms with E-state index in [1.165, 1.54) is 22.3 Å². The zero-order valence-electron chi connectivity index (χ0n) is 34.9. The number of carbonyl (C=O) groups is 2. The molecule has 2 aromatic carbocycles. The van der Waals surface area contributed by atoms with E-state index >= 15 is 0 Å². The van der Waals surface area contributed by atoms with Crippen molar-refractivity contribution in [3.63, 3.8) is 0 Å². The molecule has 4 N–H and O–H groups in total. The molecular weight excluding hydrogens is 761 g/mol. The van der Waals surface area contributed by atoms with Gasteiger partial charge in [-0.15, -0.1) is 0 Å². The maximum absolute atomic E-state index is 13.5. The lowest BCUT2D eigenvalue weighted by Crippen LogP contribution is -2.42. The van der Waals surface area contributed by atoms with E-state index < -0.39 is 32.1 Å². The van der Waals surface area contributed by atoms with Gasteiger partial charge >= 0.3 is 12.1 Å². The van der Waals surface area contributed by atoms with Gasteiger partial charge < -0.3 is 15.5 Å². The first kappa shape index (κ1) is 43.4. The second-order valence-corrected chi connectivity index (χ2v) is 20.6. The molecule has 14 heteroatoms.